The van der Waals surface area contributed by atoms with Crippen LogP contribution in [0.2, 0.25) is 24.7 Å². The van der Waals surface area contributed by atoms with E-state index >= 15 is 0 Å². The van der Waals surface area contributed by atoms with E-state index in [0.29, 0.717) is 22.8 Å². The van der Waals surface area contributed by atoms with Crippen LogP contribution in [0.15, 0.2) is 28.7 Å². The molecule has 0 saturated heterocycles. The van der Waals surface area contributed by atoms with E-state index in [1.165, 1.54) is 0 Å². The van der Waals surface area contributed by atoms with Crippen molar-refractivity contribution in [3.05, 3.63) is 35.0 Å². The Bertz CT molecular complexity index is 795. The summed E-state index contributed by atoms with van der Waals surface area (Å²) in [5.74, 6) is 0.784. The molecule has 0 fully saturated rings. The van der Waals surface area contributed by atoms with Crippen LogP contribution in [0.1, 0.15) is 17.0 Å². The van der Waals surface area contributed by atoms with E-state index in [1.54, 1.807) is 24.3 Å². The molecule has 10 heteroatoms. The summed E-state index contributed by atoms with van der Waals surface area (Å²) in [6.45, 7) is 6.18. The standard InChI is InChI=1S/C16H21BrClNO5SSi/c1-26(2,3)24-16-13(20)14(10-6-4-5-7-12(10)18)23-15(16)11(17)8-9-19-25(21)22/h4-7,11,19-20H,8-9H2,1-3H3,(H,21,22)/p-1. The summed E-state index contributed by atoms with van der Waals surface area (Å²) in [5.41, 5.74) is 0.553. The van der Waals surface area contributed by atoms with E-state index < -0.39 is 19.6 Å². The molecular formula is C16H20BrClNO5SSi-. The minimum atomic E-state index is -2.33. The molecule has 0 spiro atoms. The van der Waals surface area contributed by atoms with Gasteiger partial charge in [0.1, 0.15) is 0 Å². The summed E-state index contributed by atoms with van der Waals surface area (Å²) in [6, 6.07) is 7.03. The molecule has 1 heterocycles. The molecule has 6 nitrogen and oxygen atoms in total. The zero-order valence-corrected chi connectivity index (χ0v) is 18.7. The molecule has 0 bridgehead atoms. The second kappa shape index (κ2) is 8.90. The lowest BCUT2D eigenvalue weighted by atomic mass is 10.1. The zero-order chi connectivity index (χ0) is 19.5. The van der Waals surface area contributed by atoms with Crippen LogP contribution in [0, 0.1) is 0 Å². The van der Waals surface area contributed by atoms with Gasteiger partial charge in [0.2, 0.25) is 14.1 Å². The van der Waals surface area contributed by atoms with Crippen LogP contribution < -0.4 is 9.15 Å². The van der Waals surface area contributed by atoms with Crippen molar-refractivity contribution in [3.63, 3.8) is 0 Å². The molecule has 0 amide bonds. The topological polar surface area (TPSA) is 94.8 Å². The Labute approximate surface area is 169 Å². The highest BCUT2D eigenvalue weighted by atomic mass is 79.9. The van der Waals surface area contributed by atoms with Gasteiger partial charge in [-0.3, -0.25) is 4.21 Å². The molecule has 0 saturated carbocycles. The molecule has 2 N–H and O–H groups in total. The highest BCUT2D eigenvalue weighted by molar-refractivity contribution is 9.09. The first kappa shape index (κ1) is 21.5. The Hall–Kier alpha value is -0.843. The fourth-order valence-corrected chi connectivity index (χ4v) is 4.11. The summed E-state index contributed by atoms with van der Waals surface area (Å²) in [7, 11) is -2.05. The van der Waals surface area contributed by atoms with Gasteiger partial charge in [0.05, 0.1) is 9.85 Å². The fraction of sp³-hybridized carbons (Fsp3) is 0.375. The second-order valence-corrected chi connectivity index (χ2v) is 13.3. The lowest BCUT2D eigenvalue weighted by Crippen LogP contribution is -2.29. The smallest absolute Gasteiger partial charge is 0.242 e. The van der Waals surface area contributed by atoms with Crippen LogP contribution >= 0.6 is 27.5 Å². The number of halogens is 2. The second-order valence-electron chi connectivity index (χ2n) is 6.55. The minimum Gasteiger partial charge on any atom is -0.760 e. The first-order valence-corrected chi connectivity index (χ1v) is 13.6. The van der Waals surface area contributed by atoms with E-state index in [9.17, 15) is 13.9 Å². The lowest BCUT2D eigenvalue weighted by molar-refractivity contribution is 0.438. The number of hydrogen-bond donors (Lipinski definition) is 2. The van der Waals surface area contributed by atoms with Gasteiger partial charge in [0, 0.05) is 23.4 Å². The van der Waals surface area contributed by atoms with Crippen LogP contribution in [0.5, 0.6) is 11.5 Å². The van der Waals surface area contributed by atoms with Gasteiger partial charge in [-0.05, 0) is 38.2 Å². The predicted octanol–water partition coefficient (Wildman–Crippen LogP) is 4.73. The quantitative estimate of drug-likeness (QED) is 0.323. The highest BCUT2D eigenvalue weighted by Gasteiger charge is 2.31. The van der Waals surface area contributed by atoms with E-state index in [4.69, 9.17) is 20.4 Å². The first-order chi connectivity index (χ1) is 12.1. The molecule has 1 aromatic carbocycles. The third-order valence-electron chi connectivity index (χ3n) is 3.29. The molecule has 0 aliphatic carbocycles. The van der Waals surface area contributed by atoms with Gasteiger partial charge in [0.15, 0.2) is 17.3 Å². The maximum absolute atomic E-state index is 10.7. The normalized spacial score (nSPS) is 14.2. The highest BCUT2D eigenvalue weighted by Crippen LogP contribution is 2.49. The van der Waals surface area contributed by atoms with Gasteiger partial charge in [-0.1, -0.05) is 39.7 Å². The van der Waals surface area contributed by atoms with Crippen molar-refractivity contribution in [2.24, 2.45) is 0 Å². The summed E-state index contributed by atoms with van der Waals surface area (Å²) in [6.07, 6.45) is 0.408. The van der Waals surface area contributed by atoms with Crippen LogP contribution in [0.3, 0.4) is 0 Å². The summed E-state index contributed by atoms with van der Waals surface area (Å²) >= 11 is 7.39. The molecule has 0 radical (unpaired) electrons. The molecule has 1 aromatic heterocycles. The molecule has 26 heavy (non-hydrogen) atoms. The van der Waals surface area contributed by atoms with Crippen molar-refractivity contribution in [2.45, 2.75) is 30.9 Å². The van der Waals surface area contributed by atoms with Crippen molar-refractivity contribution >= 4 is 47.1 Å². The Balaban J connectivity index is 2.43. The van der Waals surface area contributed by atoms with Gasteiger partial charge in [-0.25, -0.2) is 4.72 Å². The SMILES string of the molecule is C[Si](C)(C)Oc1c(C(Br)CCNS(=O)[O-])oc(-c2ccccc2Cl)c1O. The minimum absolute atomic E-state index is 0.111. The summed E-state index contributed by atoms with van der Waals surface area (Å²) in [4.78, 5) is -0.355. The van der Waals surface area contributed by atoms with Gasteiger partial charge in [-0.15, -0.1) is 0 Å². The monoisotopic (exact) mass is 480 g/mol. The molecule has 2 unspecified atom stereocenters. The Morgan fingerprint density at radius 2 is 2.08 bits per heavy atom. The number of benzene rings is 1. The van der Waals surface area contributed by atoms with Gasteiger partial charge in [-0.2, -0.15) is 0 Å². The number of nitrogens with one attached hydrogen (secondary N) is 1. The van der Waals surface area contributed by atoms with Crippen molar-refractivity contribution in [1.29, 1.82) is 0 Å². The summed E-state index contributed by atoms with van der Waals surface area (Å²) in [5, 5.41) is 11.2. The van der Waals surface area contributed by atoms with Crippen molar-refractivity contribution in [3.8, 4) is 22.8 Å². The Morgan fingerprint density at radius 1 is 1.42 bits per heavy atom. The van der Waals surface area contributed by atoms with Crippen LogP contribution in [-0.4, -0.2) is 28.7 Å². The molecule has 2 atom stereocenters. The van der Waals surface area contributed by atoms with Gasteiger partial charge < -0.3 is 18.5 Å². The largest absolute Gasteiger partial charge is 0.760 e. The van der Waals surface area contributed by atoms with E-state index in [1.807, 2.05) is 19.6 Å². The van der Waals surface area contributed by atoms with E-state index in [-0.39, 0.29) is 28.6 Å². The first-order valence-electron chi connectivity index (χ1n) is 7.86. The van der Waals surface area contributed by atoms with Crippen molar-refractivity contribution < 1.29 is 22.7 Å². The molecule has 2 rings (SSSR count). The van der Waals surface area contributed by atoms with Crippen LogP contribution in [-0.2, 0) is 11.3 Å². The molecule has 2 aromatic rings. The third kappa shape index (κ3) is 5.58. The molecular weight excluding hydrogens is 462 g/mol. The number of hydrogen-bond acceptors (Lipinski definition) is 5. The maximum atomic E-state index is 10.7. The number of aromatic hydroxyl groups is 1. The predicted molar refractivity (Wildman–Crippen MR) is 108 cm³/mol. The van der Waals surface area contributed by atoms with Gasteiger partial charge >= 0.3 is 0 Å². The maximum Gasteiger partial charge on any atom is 0.242 e. The van der Waals surface area contributed by atoms with Crippen molar-refractivity contribution in [1.82, 2.24) is 4.72 Å². The average molecular weight is 482 g/mol. The lowest BCUT2D eigenvalue weighted by Gasteiger charge is -2.20. The van der Waals surface area contributed by atoms with E-state index in [0.717, 1.165) is 0 Å². The van der Waals surface area contributed by atoms with E-state index in [2.05, 4.69) is 20.7 Å². The number of rotatable bonds is 8. The summed E-state index contributed by atoms with van der Waals surface area (Å²) < 4.78 is 35.5. The number of alkyl halides is 1. The average Bonchev–Trinajstić information content (AvgIpc) is 2.83. The Morgan fingerprint density at radius 3 is 2.65 bits per heavy atom. The van der Waals surface area contributed by atoms with Gasteiger partial charge in [0.25, 0.3) is 0 Å². The van der Waals surface area contributed by atoms with Crippen molar-refractivity contribution in [2.75, 3.05) is 6.54 Å². The molecule has 144 valence electrons. The third-order valence-corrected chi connectivity index (χ3v) is 5.75. The fourth-order valence-electron chi connectivity index (χ4n) is 2.26. The Kier molecular flexibility index (Phi) is 7.34. The molecule has 0 aliphatic heterocycles. The molecule has 0 aliphatic rings. The van der Waals surface area contributed by atoms with Crippen LogP contribution in [0.25, 0.3) is 11.3 Å². The number of furan rings is 1. The van der Waals surface area contributed by atoms with Crippen LogP contribution in [0.4, 0.5) is 0 Å². The zero-order valence-electron chi connectivity index (χ0n) is 14.5.